The number of ether oxygens (including phenoxy) is 1. The van der Waals surface area contributed by atoms with Gasteiger partial charge in [-0.25, -0.2) is 4.79 Å². The molecule has 0 atom stereocenters. The quantitative estimate of drug-likeness (QED) is 0.321. The maximum absolute atomic E-state index is 13.7. The van der Waals surface area contributed by atoms with Gasteiger partial charge in [0.25, 0.3) is 5.56 Å². The van der Waals surface area contributed by atoms with Crippen molar-refractivity contribution in [3.63, 3.8) is 0 Å². The lowest BCUT2D eigenvalue weighted by atomic mass is 10.2. The Labute approximate surface area is 210 Å². The summed E-state index contributed by atoms with van der Waals surface area (Å²) in [5.41, 5.74) is 1.25. The predicted octanol–water partition coefficient (Wildman–Crippen LogP) is 5.09. The van der Waals surface area contributed by atoms with Crippen LogP contribution in [-0.2, 0) is 20.1 Å². The highest BCUT2D eigenvalue weighted by atomic mass is 35.5. The van der Waals surface area contributed by atoms with Crippen LogP contribution >= 0.6 is 23.2 Å². The highest BCUT2D eigenvalue weighted by Crippen LogP contribution is 2.25. The van der Waals surface area contributed by atoms with E-state index in [-0.39, 0.29) is 23.7 Å². The Hall–Kier alpha value is -3.81. The summed E-state index contributed by atoms with van der Waals surface area (Å²) < 4.78 is 10.3. The van der Waals surface area contributed by atoms with Crippen LogP contribution in [0.25, 0.3) is 11.2 Å². The number of halogens is 2. The van der Waals surface area contributed by atoms with Crippen LogP contribution in [0.1, 0.15) is 11.1 Å². The van der Waals surface area contributed by atoms with E-state index in [2.05, 4.69) is 4.98 Å². The minimum Gasteiger partial charge on any atom is -0.425 e. The lowest BCUT2D eigenvalue weighted by Crippen LogP contribution is -2.40. The molecule has 0 saturated heterocycles. The number of aromatic nitrogens is 4. The number of hydrogen-bond acceptors (Lipinski definition) is 4. The Bertz CT molecular complexity index is 1620. The van der Waals surface area contributed by atoms with Gasteiger partial charge in [0.15, 0.2) is 11.2 Å². The van der Waals surface area contributed by atoms with Gasteiger partial charge in [0.2, 0.25) is 0 Å². The minimum absolute atomic E-state index is 0.0968. The summed E-state index contributed by atoms with van der Waals surface area (Å²) in [7, 11) is 1.59. The molecule has 3 aromatic carbocycles. The Morgan fingerprint density at radius 2 is 1.31 bits per heavy atom. The number of benzene rings is 3. The number of para-hydroxylation sites is 1. The predicted molar refractivity (Wildman–Crippen MR) is 137 cm³/mol. The van der Waals surface area contributed by atoms with Crippen molar-refractivity contribution in [2.24, 2.45) is 7.05 Å². The summed E-state index contributed by atoms with van der Waals surface area (Å²) in [6.07, 6.45) is 0. The summed E-state index contributed by atoms with van der Waals surface area (Å²) in [6, 6.07) is 23.7. The van der Waals surface area contributed by atoms with Crippen LogP contribution in [0.3, 0.4) is 0 Å². The van der Waals surface area contributed by atoms with Gasteiger partial charge in [-0.15, -0.1) is 0 Å². The highest BCUT2D eigenvalue weighted by Gasteiger charge is 2.22. The fourth-order valence-corrected chi connectivity index (χ4v) is 4.11. The standard InChI is InChI=1S/C26H20Cl2N4O3/c1-30-23-22(24(33)32(26(30)34)16-18-9-13-20(28)14-10-18)31(15-17-7-11-19(27)12-8-17)25(29-23)35-21-5-3-2-4-6-21/h2-14H,15-16H2,1H3. The molecule has 176 valence electrons. The molecule has 0 radical (unpaired) electrons. The molecule has 2 aromatic heterocycles. The third-order valence-electron chi connectivity index (χ3n) is 5.66. The first kappa shape index (κ1) is 23.0. The number of imidazole rings is 1. The minimum atomic E-state index is -0.472. The second kappa shape index (κ2) is 9.44. The third kappa shape index (κ3) is 4.60. The van der Waals surface area contributed by atoms with E-state index in [0.717, 1.165) is 11.1 Å². The van der Waals surface area contributed by atoms with E-state index in [1.54, 1.807) is 60.1 Å². The average Bonchev–Trinajstić information content (AvgIpc) is 3.21. The zero-order valence-corrected chi connectivity index (χ0v) is 20.2. The van der Waals surface area contributed by atoms with Crippen molar-refractivity contribution in [1.29, 1.82) is 0 Å². The van der Waals surface area contributed by atoms with E-state index in [1.165, 1.54) is 9.13 Å². The molecule has 0 saturated carbocycles. The van der Waals surface area contributed by atoms with E-state index >= 15 is 0 Å². The van der Waals surface area contributed by atoms with Gasteiger partial charge in [-0.3, -0.25) is 18.5 Å². The van der Waals surface area contributed by atoms with E-state index < -0.39 is 11.2 Å². The first-order valence-corrected chi connectivity index (χ1v) is 11.6. The van der Waals surface area contributed by atoms with Crippen molar-refractivity contribution in [2.45, 2.75) is 13.1 Å². The van der Waals surface area contributed by atoms with Crippen molar-refractivity contribution < 1.29 is 4.74 Å². The number of aryl methyl sites for hydroxylation is 1. The Morgan fingerprint density at radius 3 is 1.89 bits per heavy atom. The molecule has 7 nitrogen and oxygen atoms in total. The smallest absolute Gasteiger partial charge is 0.332 e. The van der Waals surface area contributed by atoms with Crippen LogP contribution in [0.2, 0.25) is 10.0 Å². The molecule has 35 heavy (non-hydrogen) atoms. The zero-order valence-electron chi connectivity index (χ0n) is 18.7. The highest BCUT2D eigenvalue weighted by molar-refractivity contribution is 6.30. The normalized spacial score (nSPS) is 11.2. The van der Waals surface area contributed by atoms with E-state index in [1.807, 2.05) is 30.3 Å². The van der Waals surface area contributed by atoms with Crippen LogP contribution in [0.4, 0.5) is 0 Å². The van der Waals surface area contributed by atoms with Gasteiger partial charge in [0.05, 0.1) is 13.1 Å². The van der Waals surface area contributed by atoms with E-state index in [0.29, 0.717) is 22.3 Å². The van der Waals surface area contributed by atoms with Crippen molar-refractivity contribution in [2.75, 3.05) is 0 Å². The van der Waals surface area contributed by atoms with Crippen molar-refractivity contribution in [3.05, 3.63) is 121 Å². The van der Waals surface area contributed by atoms with Gasteiger partial charge >= 0.3 is 11.7 Å². The number of fused-ring (bicyclic) bond motifs is 1. The number of hydrogen-bond donors (Lipinski definition) is 0. The molecule has 0 N–H and O–H groups in total. The molecule has 0 spiro atoms. The summed E-state index contributed by atoms with van der Waals surface area (Å²) >= 11 is 12.0. The van der Waals surface area contributed by atoms with Crippen LogP contribution in [0.15, 0.2) is 88.5 Å². The van der Waals surface area contributed by atoms with Gasteiger partial charge in [-0.1, -0.05) is 65.7 Å². The average molecular weight is 507 g/mol. The van der Waals surface area contributed by atoms with E-state index in [4.69, 9.17) is 27.9 Å². The molecule has 0 unspecified atom stereocenters. The summed E-state index contributed by atoms with van der Waals surface area (Å²) in [5, 5.41) is 1.19. The summed E-state index contributed by atoms with van der Waals surface area (Å²) in [6.45, 7) is 0.393. The molecule has 5 rings (SSSR count). The lowest BCUT2D eigenvalue weighted by molar-refractivity contribution is 0.421. The molecule has 0 amide bonds. The van der Waals surface area contributed by atoms with E-state index in [9.17, 15) is 9.59 Å². The van der Waals surface area contributed by atoms with Gasteiger partial charge in [0, 0.05) is 17.1 Å². The number of rotatable bonds is 6. The van der Waals surface area contributed by atoms with Gasteiger partial charge < -0.3 is 4.74 Å². The topological polar surface area (TPSA) is 71.1 Å². The van der Waals surface area contributed by atoms with Crippen LogP contribution in [0, 0.1) is 0 Å². The van der Waals surface area contributed by atoms with Crippen LogP contribution in [0.5, 0.6) is 11.8 Å². The Morgan fingerprint density at radius 1 is 0.771 bits per heavy atom. The maximum Gasteiger partial charge on any atom is 0.332 e. The molecule has 9 heteroatoms. The molecule has 5 aromatic rings. The SMILES string of the molecule is Cn1c(=O)n(Cc2ccc(Cl)cc2)c(=O)c2c1nc(Oc1ccccc1)n2Cc1ccc(Cl)cc1. The molecule has 0 bridgehead atoms. The fourth-order valence-electron chi connectivity index (χ4n) is 3.85. The van der Waals surface area contributed by atoms with Gasteiger partial charge in [0.1, 0.15) is 5.75 Å². The van der Waals surface area contributed by atoms with Crippen molar-refractivity contribution in [1.82, 2.24) is 18.7 Å². The monoisotopic (exact) mass is 506 g/mol. The fraction of sp³-hybridized carbons (Fsp3) is 0.115. The van der Waals surface area contributed by atoms with Gasteiger partial charge in [-0.2, -0.15) is 4.98 Å². The zero-order chi connectivity index (χ0) is 24.5. The molecule has 0 aliphatic rings. The third-order valence-corrected chi connectivity index (χ3v) is 6.16. The molecule has 2 heterocycles. The Balaban J connectivity index is 1.70. The molecular weight excluding hydrogens is 487 g/mol. The largest absolute Gasteiger partial charge is 0.425 e. The first-order valence-electron chi connectivity index (χ1n) is 10.8. The molecule has 0 aliphatic heterocycles. The van der Waals surface area contributed by atoms with Crippen molar-refractivity contribution in [3.8, 4) is 11.8 Å². The molecular formula is C26H20Cl2N4O3. The summed E-state index contributed by atoms with van der Waals surface area (Å²) in [4.78, 5) is 31.4. The first-order chi connectivity index (χ1) is 16.9. The lowest BCUT2D eigenvalue weighted by Gasteiger charge is -2.12. The second-order valence-corrected chi connectivity index (χ2v) is 8.93. The number of nitrogens with zero attached hydrogens (tertiary/aromatic N) is 4. The summed E-state index contributed by atoms with van der Waals surface area (Å²) in [5.74, 6) is 0.562. The van der Waals surface area contributed by atoms with Crippen LogP contribution < -0.4 is 16.0 Å². The van der Waals surface area contributed by atoms with Crippen LogP contribution in [-0.4, -0.2) is 18.7 Å². The van der Waals surface area contributed by atoms with Gasteiger partial charge in [-0.05, 0) is 47.5 Å². The molecule has 0 aliphatic carbocycles. The van der Waals surface area contributed by atoms with Crippen molar-refractivity contribution >= 4 is 34.4 Å². The second-order valence-electron chi connectivity index (χ2n) is 8.05. The Kier molecular flexibility index (Phi) is 6.19. The maximum atomic E-state index is 13.7. The molecule has 0 fully saturated rings.